The number of carbonyl (C=O) groups is 1. The summed E-state index contributed by atoms with van der Waals surface area (Å²) in [6, 6.07) is 13.7. The summed E-state index contributed by atoms with van der Waals surface area (Å²) in [5, 5.41) is 12.6. The first kappa shape index (κ1) is 12.7. The quantitative estimate of drug-likeness (QED) is 0.777. The van der Waals surface area contributed by atoms with Crippen LogP contribution in [0.15, 0.2) is 46.9 Å². The van der Waals surface area contributed by atoms with Crippen molar-refractivity contribution >= 4 is 27.9 Å². The van der Waals surface area contributed by atoms with Gasteiger partial charge in [0.15, 0.2) is 0 Å². The van der Waals surface area contributed by atoms with E-state index in [-0.39, 0.29) is 12.5 Å². The molecule has 4 heteroatoms. The summed E-state index contributed by atoms with van der Waals surface area (Å²) in [6.45, 7) is 0. The molecule has 0 fully saturated rings. The number of carboxylic acid groups (broad SMARTS) is 1. The summed E-state index contributed by atoms with van der Waals surface area (Å²) >= 11 is 0. The molecule has 1 heterocycles. The minimum absolute atomic E-state index is 0.0261. The molecule has 3 N–H and O–H groups in total. The number of carboxylic acids is 1. The molecule has 0 unspecified atom stereocenters. The Morgan fingerprint density at radius 3 is 2.70 bits per heavy atom. The van der Waals surface area contributed by atoms with E-state index in [1.54, 1.807) is 0 Å². The van der Waals surface area contributed by atoms with Crippen molar-refractivity contribution in [2.75, 3.05) is 0 Å². The molecular formula is C16H15NO3. The maximum Gasteiger partial charge on any atom is 0.135 e. The smallest absolute Gasteiger partial charge is 0.135 e. The van der Waals surface area contributed by atoms with E-state index in [9.17, 15) is 9.90 Å². The summed E-state index contributed by atoms with van der Waals surface area (Å²) in [4.78, 5) is 10.5. The molecule has 0 saturated heterocycles. The van der Waals surface area contributed by atoms with Gasteiger partial charge in [-0.2, -0.15) is 0 Å². The Morgan fingerprint density at radius 1 is 1.15 bits per heavy atom. The van der Waals surface area contributed by atoms with Gasteiger partial charge in [0.25, 0.3) is 0 Å². The lowest BCUT2D eigenvalue weighted by Crippen LogP contribution is -2.53. The molecule has 0 aliphatic rings. The third-order valence-corrected chi connectivity index (χ3v) is 3.57. The second-order valence-electron chi connectivity index (χ2n) is 4.96. The van der Waals surface area contributed by atoms with Crippen LogP contribution in [0.2, 0.25) is 0 Å². The number of benzene rings is 2. The van der Waals surface area contributed by atoms with Gasteiger partial charge in [-0.05, 0) is 30.7 Å². The lowest BCUT2D eigenvalue weighted by atomic mass is 10.0. The second kappa shape index (κ2) is 4.98. The first-order chi connectivity index (χ1) is 9.65. The summed E-state index contributed by atoms with van der Waals surface area (Å²) < 4.78 is 5.76. The van der Waals surface area contributed by atoms with Crippen LogP contribution >= 0.6 is 0 Å². The highest BCUT2D eigenvalue weighted by atomic mass is 16.4. The maximum absolute atomic E-state index is 10.5. The highest BCUT2D eigenvalue weighted by Gasteiger charge is 2.13. The third kappa shape index (κ3) is 2.26. The molecule has 3 rings (SSSR count). The molecule has 20 heavy (non-hydrogen) atoms. The van der Waals surface area contributed by atoms with Crippen LogP contribution < -0.4 is 10.8 Å². The van der Waals surface area contributed by atoms with Crippen LogP contribution in [-0.4, -0.2) is 5.97 Å². The molecule has 0 spiro atoms. The van der Waals surface area contributed by atoms with Gasteiger partial charge in [-0.3, -0.25) is 0 Å². The molecule has 3 aromatic rings. The van der Waals surface area contributed by atoms with Crippen molar-refractivity contribution in [1.29, 1.82) is 0 Å². The Balaban J connectivity index is 2.01. The fourth-order valence-corrected chi connectivity index (χ4v) is 2.46. The summed E-state index contributed by atoms with van der Waals surface area (Å²) in [6.07, 6.45) is 0.502. The van der Waals surface area contributed by atoms with Crippen LogP contribution in [0.4, 0.5) is 0 Å². The number of quaternary nitrogens is 1. The lowest BCUT2D eigenvalue weighted by molar-refractivity contribution is -0.428. The third-order valence-electron chi connectivity index (χ3n) is 3.57. The lowest BCUT2D eigenvalue weighted by Gasteiger charge is -2.09. The summed E-state index contributed by atoms with van der Waals surface area (Å²) in [7, 11) is 0. The van der Waals surface area contributed by atoms with E-state index in [1.807, 2.05) is 42.5 Å². The minimum Gasteiger partial charge on any atom is -0.550 e. The zero-order valence-corrected chi connectivity index (χ0v) is 11.0. The highest BCUT2D eigenvalue weighted by molar-refractivity contribution is 6.04. The topological polar surface area (TPSA) is 80.9 Å². The van der Waals surface area contributed by atoms with Crippen molar-refractivity contribution in [3.8, 4) is 0 Å². The standard InChI is InChI=1S/C16H15NO3/c17-13(6-8-16(18)19)10-5-7-15-12(9-10)11-3-1-2-4-14(11)20-15/h1-5,7,9,13H,6,8,17H2,(H,18,19)/t13-/m1/s1. The van der Waals surface area contributed by atoms with E-state index in [2.05, 4.69) is 5.73 Å². The van der Waals surface area contributed by atoms with Gasteiger partial charge in [0.1, 0.15) is 17.2 Å². The van der Waals surface area contributed by atoms with Gasteiger partial charge in [-0.1, -0.05) is 18.2 Å². The van der Waals surface area contributed by atoms with Crippen LogP contribution in [0.5, 0.6) is 0 Å². The molecule has 1 aromatic heterocycles. The first-order valence-electron chi connectivity index (χ1n) is 6.59. The molecule has 102 valence electrons. The average Bonchev–Trinajstić information content (AvgIpc) is 2.82. The van der Waals surface area contributed by atoms with Gasteiger partial charge in [-0.15, -0.1) is 0 Å². The fourth-order valence-electron chi connectivity index (χ4n) is 2.46. The zero-order chi connectivity index (χ0) is 14.1. The molecule has 0 radical (unpaired) electrons. The van der Waals surface area contributed by atoms with E-state index in [4.69, 9.17) is 4.42 Å². The first-order valence-corrected chi connectivity index (χ1v) is 6.59. The Hall–Kier alpha value is -2.33. The summed E-state index contributed by atoms with van der Waals surface area (Å²) in [5.74, 6) is -1.03. The Kier molecular flexibility index (Phi) is 3.16. The number of fused-ring (bicyclic) bond motifs is 3. The van der Waals surface area contributed by atoms with Crippen LogP contribution in [0.25, 0.3) is 21.9 Å². The number of furan rings is 1. The Labute approximate surface area is 115 Å². The molecule has 1 atom stereocenters. The van der Waals surface area contributed by atoms with Crippen molar-refractivity contribution < 1.29 is 20.1 Å². The number of para-hydroxylation sites is 1. The molecule has 4 nitrogen and oxygen atoms in total. The molecule has 0 aliphatic heterocycles. The molecule has 0 saturated carbocycles. The Morgan fingerprint density at radius 2 is 1.90 bits per heavy atom. The van der Waals surface area contributed by atoms with E-state index in [0.717, 1.165) is 27.5 Å². The van der Waals surface area contributed by atoms with Gasteiger partial charge < -0.3 is 20.1 Å². The highest BCUT2D eigenvalue weighted by Crippen LogP contribution is 2.30. The van der Waals surface area contributed by atoms with Crippen molar-refractivity contribution in [3.05, 3.63) is 48.0 Å². The van der Waals surface area contributed by atoms with Gasteiger partial charge in [0.2, 0.25) is 0 Å². The van der Waals surface area contributed by atoms with Crippen molar-refractivity contribution in [2.45, 2.75) is 18.9 Å². The average molecular weight is 269 g/mol. The molecule has 0 bridgehead atoms. The van der Waals surface area contributed by atoms with Crippen molar-refractivity contribution in [1.82, 2.24) is 0 Å². The van der Waals surface area contributed by atoms with Crippen LogP contribution in [-0.2, 0) is 4.79 Å². The number of hydrogen-bond acceptors (Lipinski definition) is 3. The van der Waals surface area contributed by atoms with E-state index >= 15 is 0 Å². The number of hydrogen-bond donors (Lipinski definition) is 1. The molecule has 0 aliphatic carbocycles. The molecule has 0 amide bonds. The number of carbonyl (C=O) groups excluding carboxylic acids is 1. The predicted molar refractivity (Wildman–Crippen MR) is 73.6 cm³/mol. The van der Waals surface area contributed by atoms with E-state index in [0.29, 0.717) is 6.42 Å². The van der Waals surface area contributed by atoms with Crippen LogP contribution in [0.3, 0.4) is 0 Å². The van der Waals surface area contributed by atoms with Gasteiger partial charge in [-0.25, -0.2) is 0 Å². The van der Waals surface area contributed by atoms with Crippen molar-refractivity contribution in [2.24, 2.45) is 0 Å². The SMILES string of the molecule is [NH3+][C@H](CCC(=O)[O-])c1ccc2oc3ccccc3c2c1. The number of rotatable bonds is 4. The predicted octanol–water partition coefficient (Wildman–Crippen LogP) is 1.40. The van der Waals surface area contributed by atoms with Crippen LogP contribution in [0, 0.1) is 0 Å². The van der Waals surface area contributed by atoms with Gasteiger partial charge >= 0.3 is 0 Å². The number of aliphatic carboxylic acids is 1. The normalized spacial score (nSPS) is 12.8. The monoisotopic (exact) mass is 269 g/mol. The van der Waals surface area contributed by atoms with Gasteiger partial charge in [0, 0.05) is 28.7 Å². The largest absolute Gasteiger partial charge is 0.550 e. The fraction of sp³-hybridized carbons (Fsp3) is 0.188. The second-order valence-corrected chi connectivity index (χ2v) is 4.96. The molecule has 2 aromatic carbocycles. The zero-order valence-electron chi connectivity index (χ0n) is 11.0. The van der Waals surface area contributed by atoms with E-state index in [1.165, 1.54) is 0 Å². The van der Waals surface area contributed by atoms with Crippen LogP contribution in [0.1, 0.15) is 24.4 Å². The Bertz CT molecular complexity index is 776. The maximum atomic E-state index is 10.5. The van der Waals surface area contributed by atoms with E-state index < -0.39 is 5.97 Å². The van der Waals surface area contributed by atoms with Crippen molar-refractivity contribution in [3.63, 3.8) is 0 Å². The van der Waals surface area contributed by atoms with Gasteiger partial charge in [0.05, 0.1) is 0 Å². The molecular weight excluding hydrogens is 254 g/mol. The minimum atomic E-state index is -1.03. The summed E-state index contributed by atoms with van der Waals surface area (Å²) in [5.41, 5.74) is 6.74.